The fourth-order valence-electron chi connectivity index (χ4n) is 3.67. The van der Waals surface area contributed by atoms with Crippen molar-refractivity contribution in [3.05, 3.63) is 0 Å². The Labute approximate surface area is 126 Å². The molecule has 0 spiro atoms. The topological polar surface area (TPSA) is 43.1 Å². The standard InChI is InChI=1S/C16H31NO.C2H6/c1-4-8-16(3)9-7-14(11-13(16)2)12-15(17)6-5-10-18;1-2/h10,13-15H,4-9,11-12,17H2,1-3H3;1-2H3. The zero-order chi connectivity index (χ0) is 15.6. The van der Waals surface area contributed by atoms with Crippen molar-refractivity contribution in [1.29, 1.82) is 0 Å². The van der Waals surface area contributed by atoms with Crippen molar-refractivity contribution in [2.24, 2.45) is 23.0 Å². The summed E-state index contributed by atoms with van der Waals surface area (Å²) in [6.07, 6.45) is 10.2. The highest BCUT2D eigenvalue weighted by Gasteiger charge is 2.36. The predicted octanol–water partition coefficient (Wildman–Crippen LogP) is 4.95. The van der Waals surface area contributed by atoms with Gasteiger partial charge in [-0.3, -0.25) is 0 Å². The van der Waals surface area contributed by atoms with Gasteiger partial charge in [-0.05, 0) is 55.8 Å². The van der Waals surface area contributed by atoms with Crippen LogP contribution in [-0.2, 0) is 4.79 Å². The van der Waals surface area contributed by atoms with E-state index in [1.54, 1.807) is 0 Å². The molecule has 0 aromatic heterocycles. The van der Waals surface area contributed by atoms with E-state index in [0.717, 1.165) is 31.0 Å². The van der Waals surface area contributed by atoms with Crippen molar-refractivity contribution < 1.29 is 4.79 Å². The normalized spacial score (nSPS) is 31.1. The highest BCUT2D eigenvalue weighted by molar-refractivity contribution is 5.49. The Kier molecular flexibility index (Phi) is 10.2. The first-order valence-electron chi connectivity index (χ1n) is 8.71. The molecule has 0 aromatic rings. The maximum atomic E-state index is 10.4. The van der Waals surface area contributed by atoms with Gasteiger partial charge in [0.25, 0.3) is 0 Å². The summed E-state index contributed by atoms with van der Waals surface area (Å²) in [5.74, 6) is 1.60. The van der Waals surface area contributed by atoms with Crippen molar-refractivity contribution >= 4 is 6.29 Å². The van der Waals surface area contributed by atoms with Crippen molar-refractivity contribution in [2.75, 3.05) is 0 Å². The van der Waals surface area contributed by atoms with E-state index in [1.807, 2.05) is 13.8 Å². The van der Waals surface area contributed by atoms with Crippen molar-refractivity contribution in [2.45, 2.75) is 92.0 Å². The molecule has 1 rings (SSSR count). The van der Waals surface area contributed by atoms with Gasteiger partial charge in [0, 0.05) is 12.5 Å². The number of carbonyl (C=O) groups excluding carboxylic acids is 1. The van der Waals surface area contributed by atoms with Gasteiger partial charge < -0.3 is 10.5 Å². The van der Waals surface area contributed by atoms with Crippen LogP contribution in [0.2, 0.25) is 0 Å². The van der Waals surface area contributed by atoms with Crippen LogP contribution < -0.4 is 5.73 Å². The smallest absolute Gasteiger partial charge is 0.120 e. The molecule has 2 nitrogen and oxygen atoms in total. The third kappa shape index (κ3) is 6.39. The van der Waals surface area contributed by atoms with Crippen LogP contribution in [0.1, 0.15) is 86.0 Å². The number of rotatable bonds is 7. The van der Waals surface area contributed by atoms with E-state index in [4.69, 9.17) is 5.73 Å². The molecule has 4 atom stereocenters. The molecule has 120 valence electrons. The van der Waals surface area contributed by atoms with E-state index >= 15 is 0 Å². The second-order valence-corrected chi connectivity index (χ2v) is 6.69. The molecule has 1 fully saturated rings. The minimum Gasteiger partial charge on any atom is -0.328 e. The lowest BCUT2D eigenvalue weighted by atomic mass is 9.62. The summed E-state index contributed by atoms with van der Waals surface area (Å²) in [6.45, 7) is 11.2. The summed E-state index contributed by atoms with van der Waals surface area (Å²) in [7, 11) is 0. The van der Waals surface area contributed by atoms with Gasteiger partial charge >= 0.3 is 0 Å². The number of carbonyl (C=O) groups is 1. The molecule has 1 aliphatic rings. The average Bonchev–Trinajstić information content (AvgIpc) is 2.44. The second kappa shape index (κ2) is 10.4. The lowest BCUT2D eigenvalue weighted by Gasteiger charge is -2.43. The van der Waals surface area contributed by atoms with Crippen molar-refractivity contribution in [3.8, 4) is 0 Å². The van der Waals surface area contributed by atoms with Crippen LogP contribution in [0.25, 0.3) is 0 Å². The lowest BCUT2D eigenvalue weighted by molar-refractivity contribution is -0.108. The van der Waals surface area contributed by atoms with Crippen molar-refractivity contribution in [1.82, 2.24) is 0 Å². The van der Waals surface area contributed by atoms with Crippen LogP contribution in [0.3, 0.4) is 0 Å². The van der Waals surface area contributed by atoms with E-state index in [2.05, 4.69) is 20.8 Å². The first-order chi connectivity index (χ1) is 9.51. The van der Waals surface area contributed by atoms with E-state index in [9.17, 15) is 4.79 Å². The molecule has 0 aliphatic heterocycles. The van der Waals surface area contributed by atoms with E-state index in [1.165, 1.54) is 32.1 Å². The maximum Gasteiger partial charge on any atom is 0.120 e. The Morgan fingerprint density at radius 2 is 2.05 bits per heavy atom. The third-order valence-electron chi connectivity index (χ3n) is 5.11. The largest absolute Gasteiger partial charge is 0.328 e. The summed E-state index contributed by atoms with van der Waals surface area (Å²) < 4.78 is 0. The SMILES string of the molecule is CC.CCCC1(C)CCC(CC(N)CCC=O)CC1C. The van der Waals surface area contributed by atoms with Crippen LogP contribution in [-0.4, -0.2) is 12.3 Å². The second-order valence-electron chi connectivity index (χ2n) is 6.69. The van der Waals surface area contributed by atoms with Crippen LogP contribution >= 0.6 is 0 Å². The first-order valence-corrected chi connectivity index (χ1v) is 8.71. The molecule has 0 bridgehead atoms. The van der Waals surface area contributed by atoms with Gasteiger partial charge in [0.1, 0.15) is 6.29 Å². The molecule has 20 heavy (non-hydrogen) atoms. The van der Waals surface area contributed by atoms with E-state index < -0.39 is 0 Å². The first kappa shape index (κ1) is 19.6. The lowest BCUT2D eigenvalue weighted by Crippen LogP contribution is -2.35. The Bertz CT molecular complexity index is 254. The Balaban J connectivity index is 0.00000172. The summed E-state index contributed by atoms with van der Waals surface area (Å²) in [6, 6.07) is 0.225. The average molecular weight is 283 g/mol. The van der Waals surface area contributed by atoms with Gasteiger partial charge in [0.15, 0.2) is 0 Å². The predicted molar refractivity (Wildman–Crippen MR) is 88.8 cm³/mol. The molecule has 0 saturated heterocycles. The molecule has 1 aliphatic carbocycles. The van der Waals surface area contributed by atoms with Crippen LogP contribution in [0, 0.1) is 17.3 Å². The number of hydrogen-bond acceptors (Lipinski definition) is 2. The summed E-state index contributed by atoms with van der Waals surface area (Å²) in [4.78, 5) is 10.4. The van der Waals surface area contributed by atoms with Gasteiger partial charge in [0.05, 0.1) is 0 Å². The highest BCUT2D eigenvalue weighted by Crippen LogP contribution is 2.47. The van der Waals surface area contributed by atoms with Gasteiger partial charge in [-0.25, -0.2) is 0 Å². The van der Waals surface area contributed by atoms with Gasteiger partial charge in [-0.1, -0.05) is 41.0 Å². The fraction of sp³-hybridized carbons (Fsp3) is 0.944. The number of hydrogen-bond donors (Lipinski definition) is 1. The molecular formula is C18H37NO. The van der Waals surface area contributed by atoms with E-state index in [0.29, 0.717) is 11.8 Å². The molecule has 2 heteroatoms. The Hall–Kier alpha value is -0.370. The van der Waals surface area contributed by atoms with E-state index in [-0.39, 0.29) is 6.04 Å². The zero-order valence-corrected chi connectivity index (χ0v) is 14.5. The van der Waals surface area contributed by atoms with Crippen LogP contribution in [0.5, 0.6) is 0 Å². The molecular weight excluding hydrogens is 246 g/mol. The zero-order valence-electron chi connectivity index (χ0n) is 14.5. The number of aldehydes is 1. The minimum atomic E-state index is 0.225. The molecule has 0 amide bonds. The molecule has 1 saturated carbocycles. The fourth-order valence-corrected chi connectivity index (χ4v) is 3.67. The van der Waals surface area contributed by atoms with Gasteiger partial charge in [0.2, 0.25) is 0 Å². The van der Waals surface area contributed by atoms with Gasteiger partial charge in [-0.2, -0.15) is 0 Å². The molecule has 2 N–H and O–H groups in total. The molecule has 0 radical (unpaired) electrons. The molecule has 0 heterocycles. The highest BCUT2D eigenvalue weighted by atomic mass is 16.1. The van der Waals surface area contributed by atoms with Crippen LogP contribution in [0.4, 0.5) is 0 Å². The summed E-state index contributed by atoms with van der Waals surface area (Å²) >= 11 is 0. The van der Waals surface area contributed by atoms with Crippen molar-refractivity contribution in [3.63, 3.8) is 0 Å². The minimum absolute atomic E-state index is 0.225. The summed E-state index contributed by atoms with van der Waals surface area (Å²) in [5.41, 5.74) is 6.66. The van der Waals surface area contributed by atoms with Gasteiger partial charge in [-0.15, -0.1) is 0 Å². The number of nitrogens with two attached hydrogens (primary N) is 1. The Morgan fingerprint density at radius 1 is 1.40 bits per heavy atom. The summed E-state index contributed by atoms with van der Waals surface area (Å²) in [5, 5.41) is 0. The Morgan fingerprint density at radius 3 is 2.55 bits per heavy atom. The maximum absolute atomic E-state index is 10.4. The third-order valence-corrected chi connectivity index (χ3v) is 5.11. The quantitative estimate of drug-likeness (QED) is 0.672. The molecule has 0 aromatic carbocycles. The van der Waals surface area contributed by atoms with Crippen LogP contribution in [0.15, 0.2) is 0 Å². The molecule has 4 unspecified atom stereocenters. The monoisotopic (exact) mass is 283 g/mol.